The molecule has 3 rings (SSSR count). The Balaban J connectivity index is 1.76. The normalized spacial score (nSPS) is 19.6. The van der Waals surface area contributed by atoms with Gasteiger partial charge in [0.1, 0.15) is 5.82 Å². The molecule has 160 valence electrons. The zero-order chi connectivity index (χ0) is 21.0. The number of carbonyl (C=O) groups is 2. The number of carbonyl (C=O) groups excluding carboxylic acids is 2. The Morgan fingerprint density at radius 2 is 1.83 bits per heavy atom. The molecule has 7 nitrogen and oxygen atoms in total. The summed E-state index contributed by atoms with van der Waals surface area (Å²) >= 11 is 0. The first-order valence-corrected chi connectivity index (χ1v) is 10.9. The van der Waals surface area contributed by atoms with Crippen molar-refractivity contribution in [3.05, 3.63) is 17.6 Å². The molecule has 2 heterocycles. The van der Waals surface area contributed by atoms with E-state index in [-0.39, 0.29) is 17.9 Å². The van der Waals surface area contributed by atoms with Crippen LogP contribution in [0.25, 0.3) is 0 Å². The molecule has 1 aromatic heterocycles. The zero-order valence-corrected chi connectivity index (χ0v) is 18.4. The lowest BCUT2D eigenvalue weighted by atomic mass is 10.0. The summed E-state index contributed by atoms with van der Waals surface area (Å²) in [5, 5.41) is 0. The summed E-state index contributed by atoms with van der Waals surface area (Å²) in [7, 11) is 5.67. The van der Waals surface area contributed by atoms with E-state index in [2.05, 4.69) is 0 Å². The molecule has 1 saturated carbocycles. The molecule has 7 heteroatoms. The molecule has 1 aliphatic carbocycles. The molecule has 1 aromatic rings. The topological polar surface area (TPSA) is 69.6 Å². The van der Waals surface area contributed by atoms with E-state index in [1.54, 1.807) is 18.9 Å². The maximum Gasteiger partial charge on any atom is 0.223 e. The van der Waals surface area contributed by atoms with Crippen LogP contribution in [0.2, 0.25) is 0 Å². The molecule has 1 saturated heterocycles. The van der Waals surface area contributed by atoms with Crippen LogP contribution in [0.1, 0.15) is 75.9 Å². The molecule has 0 N–H and O–H groups in total. The van der Waals surface area contributed by atoms with Crippen LogP contribution in [-0.4, -0.2) is 59.3 Å². The lowest BCUT2D eigenvalue weighted by Gasteiger charge is -2.26. The number of aromatic nitrogens is 2. The molecule has 29 heavy (non-hydrogen) atoms. The van der Waals surface area contributed by atoms with Gasteiger partial charge in [0.2, 0.25) is 11.8 Å². The molecular weight excluding hydrogens is 366 g/mol. The van der Waals surface area contributed by atoms with Crippen molar-refractivity contribution in [2.45, 2.75) is 70.9 Å². The molecule has 1 atom stereocenters. The lowest BCUT2D eigenvalue weighted by Crippen LogP contribution is -2.32. The highest BCUT2D eigenvalue weighted by Gasteiger charge is 2.33. The van der Waals surface area contributed by atoms with Crippen LogP contribution in [0.3, 0.4) is 0 Å². The maximum absolute atomic E-state index is 13.0. The number of anilines is 1. The van der Waals surface area contributed by atoms with Crippen molar-refractivity contribution in [3.8, 4) is 0 Å². The Hall–Kier alpha value is -2.18. The number of nitrogens with zero attached hydrogens (tertiary/aromatic N) is 5. The summed E-state index contributed by atoms with van der Waals surface area (Å²) in [5.74, 6) is 2.48. The van der Waals surface area contributed by atoms with E-state index in [1.807, 2.05) is 30.0 Å². The Labute approximate surface area is 174 Å². The van der Waals surface area contributed by atoms with Crippen LogP contribution in [0, 0.1) is 5.92 Å². The largest absolute Gasteiger partial charge is 0.363 e. The number of likely N-dealkylation sites (tertiary alicyclic amines) is 1. The van der Waals surface area contributed by atoms with Crippen molar-refractivity contribution in [2.24, 2.45) is 5.92 Å². The number of hydrogen-bond donors (Lipinski definition) is 0. The lowest BCUT2D eigenvalue weighted by molar-refractivity contribution is -0.132. The van der Waals surface area contributed by atoms with Gasteiger partial charge in [-0.2, -0.15) is 0 Å². The average molecular weight is 402 g/mol. The predicted molar refractivity (Wildman–Crippen MR) is 113 cm³/mol. The predicted octanol–water partition coefficient (Wildman–Crippen LogP) is 3.15. The second-order valence-electron chi connectivity index (χ2n) is 8.78. The molecule has 2 amide bonds. The Morgan fingerprint density at radius 1 is 1.10 bits per heavy atom. The second kappa shape index (κ2) is 9.55. The molecule has 1 aliphatic heterocycles. The highest BCUT2D eigenvalue weighted by atomic mass is 16.2. The van der Waals surface area contributed by atoms with Gasteiger partial charge in [-0.3, -0.25) is 9.59 Å². The molecule has 2 fully saturated rings. The smallest absolute Gasteiger partial charge is 0.223 e. The van der Waals surface area contributed by atoms with Crippen molar-refractivity contribution >= 4 is 17.6 Å². The third-order valence-electron chi connectivity index (χ3n) is 6.29. The van der Waals surface area contributed by atoms with Crippen LogP contribution in [0.15, 0.2) is 6.07 Å². The molecule has 0 aromatic carbocycles. The molecule has 0 radical (unpaired) electrons. The van der Waals surface area contributed by atoms with Gasteiger partial charge in [-0.25, -0.2) is 9.97 Å². The Morgan fingerprint density at radius 3 is 2.48 bits per heavy atom. The first kappa shape index (κ1) is 21.5. The first-order valence-electron chi connectivity index (χ1n) is 10.9. The minimum Gasteiger partial charge on any atom is -0.363 e. The SMILES string of the molecule is CC(=O)N(C)Cc1cc(N(C)C)nc([C@@H]2CCCN2C(=O)CCC2CCCC2)n1. The monoisotopic (exact) mass is 401 g/mol. The minimum atomic E-state index is -0.0626. The number of rotatable bonds is 7. The molecule has 0 spiro atoms. The van der Waals surface area contributed by atoms with Gasteiger partial charge in [-0.1, -0.05) is 25.7 Å². The summed E-state index contributed by atoms with van der Waals surface area (Å²) in [4.78, 5) is 39.7. The van der Waals surface area contributed by atoms with Crippen LogP contribution in [-0.2, 0) is 16.1 Å². The van der Waals surface area contributed by atoms with E-state index in [0.29, 0.717) is 18.8 Å². The Kier molecular flexibility index (Phi) is 7.09. The van der Waals surface area contributed by atoms with Gasteiger partial charge in [0.15, 0.2) is 5.82 Å². The summed E-state index contributed by atoms with van der Waals surface area (Å²) in [6.07, 6.45) is 8.70. The van der Waals surface area contributed by atoms with Gasteiger partial charge in [-0.15, -0.1) is 0 Å². The van der Waals surface area contributed by atoms with Gasteiger partial charge in [0.25, 0.3) is 0 Å². The average Bonchev–Trinajstić information content (AvgIpc) is 3.37. The molecular formula is C22H35N5O2. The van der Waals surface area contributed by atoms with E-state index in [0.717, 1.165) is 43.2 Å². The van der Waals surface area contributed by atoms with Crippen LogP contribution < -0.4 is 4.90 Å². The standard InChI is InChI=1S/C22H35N5O2/c1-16(28)26(4)15-18-14-20(25(2)3)24-22(23-18)19-10-7-13-27(19)21(29)12-11-17-8-5-6-9-17/h14,17,19H,5-13,15H2,1-4H3/t19-/m0/s1. The molecule has 2 aliphatic rings. The van der Waals surface area contributed by atoms with E-state index in [9.17, 15) is 9.59 Å². The second-order valence-corrected chi connectivity index (χ2v) is 8.78. The fraction of sp³-hybridized carbons (Fsp3) is 0.727. The van der Waals surface area contributed by atoms with Crippen LogP contribution >= 0.6 is 0 Å². The van der Waals surface area contributed by atoms with E-state index >= 15 is 0 Å². The summed E-state index contributed by atoms with van der Waals surface area (Å²) < 4.78 is 0. The van der Waals surface area contributed by atoms with Gasteiger partial charge in [-0.05, 0) is 25.2 Å². The van der Waals surface area contributed by atoms with E-state index < -0.39 is 0 Å². The summed E-state index contributed by atoms with van der Waals surface area (Å²) in [6, 6.07) is 1.86. The summed E-state index contributed by atoms with van der Waals surface area (Å²) in [5.41, 5.74) is 0.807. The zero-order valence-electron chi connectivity index (χ0n) is 18.4. The number of hydrogen-bond acceptors (Lipinski definition) is 5. The third-order valence-corrected chi connectivity index (χ3v) is 6.29. The van der Waals surface area contributed by atoms with Crippen molar-refractivity contribution < 1.29 is 9.59 Å². The first-order chi connectivity index (χ1) is 13.8. The van der Waals surface area contributed by atoms with Crippen molar-refractivity contribution in [1.29, 1.82) is 0 Å². The Bertz CT molecular complexity index is 730. The third kappa shape index (κ3) is 5.46. The van der Waals surface area contributed by atoms with E-state index in [4.69, 9.17) is 9.97 Å². The fourth-order valence-corrected chi connectivity index (χ4v) is 4.42. The van der Waals surface area contributed by atoms with Crippen molar-refractivity contribution in [2.75, 3.05) is 32.6 Å². The van der Waals surface area contributed by atoms with Crippen LogP contribution in [0.5, 0.6) is 0 Å². The number of amides is 2. The molecule has 0 bridgehead atoms. The van der Waals surface area contributed by atoms with Gasteiger partial charge >= 0.3 is 0 Å². The van der Waals surface area contributed by atoms with Crippen molar-refractivity contribution in [1.82, 2.24) is 19.8 Å². The van der Waals surface area contributed by atoms with Crippen LogP contribution in [0.4, 0.5) is 5.82 Å². The summed E-state index contributed by atoms with van der Waals surface area (Å²) in [6.45, 7) is 2.77. The highest BCUT2D eigenvalue weighted by molar-refractivity contribution is 5.77. The van der Waals surface area contributed by atoms with Gasteiger partial charge < -0.3 is 14.7 Å². The minimum absolute atomic E-state index is 0.00106. The van der Waals surface area contributed by atoms with Crippen molar-refractivity contribution in [3.63, 3.8) is 0 Å². The van der Waals surface area contributed by atoms with E-state index in [1.165, 1.54) is 25.7 Å². The fourth-order valence-electron chi connectivity index (χ4n) is 4.42. The van der Waals surface area contributed by atoms with Gasteiger partial charge in [0, 0.05) is 47.1 Å². The highest BCUT2D eigenvalue weighted by Crippen LogP contribution is 2.33. The van der Waals surface area contributed by atoms with Gasteiger partial charge in [0.05, 0.1) is 18.3 Å². The maximum atomic E-state index is 13.0. The molecule has 0 unspecified atom stereocenters. The quantitative estimate of drug-likeness (QED) is 0.702.